The molecule has 0 aliphatic heterocycles. The van der Waals surface area contributed by atoms with Crippen LogP contribution in [0.15, 0.2) is 30.6 Å². The number of aromatic nitrogens is 2. The topological polar surface area (TPSA) is 117 Å². The van der Waals surface area contributed by atoms with Crippen LogP contribution in [0.3, 0.4) is 0 Å². The fourth-order valence-corrected chi connectivity index (χ4v) is 1.76. The number of hydrazine groups is 2. The number of hydrogen-bond acceptors (Lipinski definition) is 7. The van der Waals surface area contributed by atoms with Gasteiger partial charge in [0.1, 0.15) is 12.0 Å². The summed E-state index contributed by atoms with van der Waals surface area (Å²) in [5, 5.41) is 0.557. The Morgan fingerprint density at radius 2 is 1.67 bits per heavy atom. The maximum absolute atomic E-state index is 12.1. The summed E-state index contributed by atoms with van der Waals surface area (Å²) in [6, 6.07) is 6.50. The average molecular weight is 350 g/mol. The molecule has 0 radical (unpaired) electrons. The van der Waals surface area contributed by atoms with Crippen LogP contribution in [0.25, 0.3) is 0 Å². The van der Waals surface area contributed by atoms with Crippen molar-refractivity contribution in [2.24, 2.45) is 0 Å². The van der Waals surface area contributed by atoms with Crippen LogP contribution in [0.2, 0.25) is 5.02 Å². The van der Waals surface area contributed by atoms with Gasteiger partial charge in [0.05, 0.1) is 0 Å². The minimum atomic E-state index is -0.341. The number of carbonyl (C=O) groups excluding carboxylic acids is 1. The van der Waals surface area contributed by atoms with Crippen LogP contribution in [-0.2, 0) is 0 Å². The summed E-state index contributed by atoms with van der Waals surface area (Å²) in [6.45, 7) is 5.97. The molecule has 1 aromatic heterocycles. The Labute approximate surface area is 145 Å². The number of carbonyl (C=O) groups is 1. The van der Waals surface area contributed by atoms with Gasteiger partial charge < -0.3 is 11.2 Å². The molecular weight excluding hydrogens is 330 g/mol. The first kappa shape index (κ1) is 17.8. The van der Waals surface area contributed by atoms with E-state index in [1.54, 1.807) is 24.3 Å². The molecule has 0 aliphatic rings. The summed E-state index contributed by atoms with van der Waals surface area (Å²) in [5.74, 6) is 0.348. The smallest absolute Gasteiger partial charge is 0.269 e. The number of rotatable bonds is 5. The van der Waals surface area contributed by atoms with Crippen molar-refractivity contribution in [3.8, 4) is 0 Å². The van der Waals surface area contributed by atoms with Gasteiger partial charge in [-0.15, -0.1) is 0 Å². The quantitative estimate of drug-likeness (QED) is 0.525. The number of nitrogens with zero attached hydrogens (tertiary/aromatic N) is 2. The SMILES string of the molecule is CC(C)(C)NNc1ncnc(NNC(=O)c2ccc(Cl)cc2)c1N. The molecule has 0 fully saturated rings. The van der Waals surface area contributed by atoms with Gasteiger partial charge in [-0.2, -0.15) is 0 Å². The summed E-state index contributed by atoms with van der Waals surface area (Å²) >= 11 is 5.80. The maximum Gasteiger partial charge on any atom is 0.269 e. The van der Waals surface area contributed by atoms with E-state index in [2.05, 4.69) is 31.7 Å². The Kier molecular flexibility index (Phi) is 5.42. The fourth-order valence-electron chi connectivity index (χ4n) is 1.63. The van der Waals surface area contributed by atoms with E-state index in [0.717, 1.165) is 0 Å². The monoisotopic (exact) mass is 349 g/mol. The summed E-state index contributed by atoms with van der Waals surface area (Å²) in [5.41, 5.74) is 17.7. The van der Waals surface area contributed by atoms with Crippen molar-refractivity contribution >= 4 is 34.8 Å². The molecule has 0 spiro atoms. The van der Waals surface area contributed by atoms with Crippen LogP contribution >= 0.6 is 11.6 Å². The minimum Gasteiger partial charge on any atom is -0.393 e. The molecule has 0 saturated heterocycles. The van der Waals surface area contributed by atoms with Crippen LogP contribution in [0.1, 0.15) is 31.1 Å². The fraction of sp³-hybridized carbons (Fsp3) is 0.267. The first-order chi connectivity index (χ1) is 11.3. The van der Waals surface area contributed by atoms with Crippen molar-refractivity contribution in [2.75, 3.05) is 16.6 Å². The second-order valence-electron chi connectivity index (χ2n) is 6.07. The Hall–Kier alpha value is -2.58. The molecule has 24 heavy (non-hydrogen) atoms. The van der Waals surface area contributed by atoms with E-state index in [1.807, 2.05) is 20.8 Å². The van der Waals surface area contributed by atoms with Gasteiger partial charge in [-0.05, 0) is 45.0 Å². The van der Waals surface area contributed by atoms with E-state index in [9.17, 15) is 4.79 Å². The number of hydrogen-bond donors (Lipinski definition) is 5. The van der Waals surface area contributed by atoms with Gasteiger partial charge in [0.15, 0.2) is 11.6 Å². The highest BCUT2D eigenvalue weighted by Crippen LogP contribution is 2.21. The van der Waals surface area contributed by atoms with Crippen LogP contribution in [0.4, 0.5) is 17.3 Å². The van der Waals surface area contributed by atoms with Crippen molar-refractivity contribution in [1.29, 1.82) is 0 Å². The van der Waals surface area contributed by atoms with Crippen molar-refractivity contribution in [3.05, 3.63) is 41.2 Å². The summed E-state index contributed by atoms with van der Waals surface area (Å²) in [4.78, 5) is 20.1. The lowest BCUT2D eigenvalue weighted by Crippen LogP contribution is -2.40. The zero-order valence-corrected chi connectivity index (χ0v) is 14.4. The van der Waals surface area contributed by atoms with Gasteiger partial charge in [-0.25, -0.2) is 15.4 Å². The van der Waals surface area contributed by atoms with Gasteiger partial charge in [0.25, 0.3) is 5.91 Å². The Bertz CT molecular complexity index is 713. The van der Waals surface area contributed by atoms with Gasteiger partial charge >= 0.3 is 0 Å². The zero-order chi connectivity index (χ0) is 17.7. The number of nitrogens with two attached hydrogens (primary N) is 1. The third-order valence-electron chi connectivity index (χ3n) is 2.84. The first-order valence-electron chi connectivity index (χ1n) is 7.22. The van der Waals surface area contributed by atoms with Crippen molar-refractivity contribution < 1.29 is 4.79 Å². The van der Waals surface area contributed by atoms with Gasteiger partial charge in [0, 0.05) is 16.1 Å². The number of benzene rings is 1. The highest BCUT2D eigenvalue weighted by atomic mass is 35.5. The largest absolute Gasteiger partial charge is 0.393 e. The molecule has 6 N–H and O–H groups in total. The summed E-state index contributed by atoms with van der Waals surface area (Å²) < 4.78 is 0. The number of amides is 1. The van der Waals surface area contributed by atoms with E-state index >= 15 is 0 Å². The summed E-state index contributed by atoms with van der Waals surface area (Å²) in [6.07, 6.45) is 1.33. The lowest BCUT2D eigenvalue weighted by Gasteiger charge is -2.22. The average Bonchev–Trinajstić information content (AvgIpc) is 2.52. The highest BCUT2D eigenvalue weighted by molar-refractivity contribution is 6.30. The number of nitrogens with one attached hydrogen (secondary N) is 4. The lowest BCUT2D eigenvalue weighted by molar-refractivity contribution is 0.0962. The first-order valence-corrected chi connectivity index (χ1v) is 7.59. The van der Waals surface area contributed by atoms with Crippen LogP contribution < -0.4 is 27.4 Å². The third kappa shape index (κ3) is 4.97. The molecule has 0 unspecified atom stereocenters. The standard InChI is InChI=1S/C15H20ClN7O/c1-15(2,3)23-21-13-11(17)12(18-8-19-13)20-22-14(24)9-4-6-10(16)7-5-9/h4-8,23H,17H2,1-3H3,(H,22,24)(H2,18,19,20,21). The molecule has 1 amide bonds. The molecule has 2 rings (SSSR count). The van der Waals surface area contributed by atoms with Crippen LogP contribution in [0, 0.1) is 0 Å². The minimum absolute atomic E-state index is 0.173. The molecule has 0 atom stereocenters. The van der Waals surface area contributed by atoms with E-state index in [0.29, 0.717) is 16.4 Å². The third-order valence-corrected chi connectivity index (χ3v) is 3.09. The van der Waals surface area contributed by atoms with Gasteiger partial charge in [-0.1, -0.05) is 11.6 Å². The van der Waals surface area contributed by atoms with E-state index in [1.165, 1.54) is 6.33 Å². The maximum atomic E-state index is 12.1. The molecule has 0 saturated carbocycles. The molecule has 1 heterocycles. The molecule has 0 aliphatic carbocycles. The molecule has 128 valence electrons. The highest BCUT2D eigenvalue weighted by Gasteiger charge is 2.13. The van der Waals surface area contributed by atoms with Gasteiger partial charge in [-0.3, -0.25) is 15.6 Å². The predicted molar refractivity (Wildman–Crippen MR) is 95.5 cm³/mol. The molecule has 8 nitrogen and oxygen atoms in total. The van der Waals surface area contributed by atoms with E-state index < -0.39 is 0 Å². The number of anilines is 3. The Balaban J connectivity index is 2.02. The Morgan fingerprint density at radius 3 is 2.25 bits per heavy atom. The lowest BCUT2D eigenvalue weighted by atomic mass is 10.1. The van der Waals surface area contributed by atoms with Crippen LogP contribution in [-0.4, -0.2) is 21.4 Å². The van der Waals surface area contributed by atoms with E-state index in [4.69, 9.17) is 17.3 Å². The molecule has 0 bridgehead atoms. The van der Waals surface area contributed by atoms with Gasteiger partial charge in [0.2, 0.25) is 0 Å². The molecule has 9 heteroatoms. The normalized spacial score (nSPS) is 11.0. The van der Waals surface area contributed by atoms with E-state index in [-0.39, 0.29) is 23.0 Å². The molecular formula is C15H20ClN7O. The molecule has 2 aromatic rings. The second kappa shape index (κ2) is 7.33. The Morgan fingerprint density at radius 1 is 1.08 bits per heavy atom. The van der Waals surface area contributed by atoms with Crippen LogP contribution in [0.5, 0.6) is 0 Å². The van der Waals surface area contributed by atoms with Crippen molar-refractivity contribution in [2.45, 2.75) is 26.3 Å². The zero-order valence-electron chi connectivity index (χ0n) is 13.6. The molecule has 1 aromatic carbocycles. The van der Waals surface area contributed by atoms with Crippen molar-refractivity contribution in [3.63, 3.8) is 0 Å². The second-order valence-corrected chi connectivity index (χ2v) is 6.51. The number of halogens is 1. The predicted octanol–water partition coefficient (Wildman–Crippen LogP) is 2.18. The number of nitrogen functional groups attached to an aromatic ring is 1. The summed E-state index contributed by atoms with van der Waals surface area (Å²) in [7, 11) is 0. The van der Waals surface area contributed by atoms with Crippen molar-refractivity contribution in [1.82, 2.24) is 20.8 Å².